The number of thiocarbonyl (C=S) groups is 1. The van der Waals surface area contributed by atoms with Crippen LogP contribution in [-0.2, 0) is 4.74 Å². The van der Waals surface area contributed by atoms with Crippen LogP contribution in [0.5, 0.6) is 5.75 Å². The van der Waals surface area contributed by atoms with Crippen LogP contribution in [0.25, 0.3) is 0 Å². The van der Waals surface area contributed by atoms with Crippen molar-refractivity contribution in [3.8, 4) is 5.75 Å². The summed E-state index contributed by atoms with van der Waals surface area (Å²) in [5.74, 6) is -0.928. The monoisotopic (exact) mass is 226 g/mol. The third-order valence-corrected chi connectivity index (χ3v) is 1.71. The van der Waals surface area contributed by atoms with Gasteiger partial charge >= 0.3 is 5.97 Å². The Morgan fingerprint density at radius 3 is 2.73 bits per heavy atom. The molecule has 0 heterocycles. The van der Waals surface area contributed by atoms with E-state index < -0.39 is 5.97 Å². The van der Waals surface area contributed by atoms with Crippen molar-refractivity contribution in [2.75, 3.05) is 12.3 Å². The molecule has 6 heteroatoms. The lowest BCUT2D eigenvalue weighted by Crippen LogP contribution is -2.19. The molecule has 0 aliphatic rings. The number of aromatic hydroxyl groups is 1. The average molecular weight is 226 g/mol. The van der Waals surface area contributed by atoms with Crippen molar-refractivity contribution in [3.05, 3.63) is 23.8 Å². The molecule has 1 aromatic carbocycles. The number of nitrogens with two attached hydrogens (primary N) is 2. The summed E-state index contributed by atoms with van der Waals surface area (Å²) in [7, 11) is 0. The SMILES string of the molecule is NC(=S)COC(=O)c1ccc(N)cc1O. The maximum Gasteiger partial charge on any atom is 0.342 e. The smallest absolute Gasteiger partial charge is 0.342 e. The number of phenols is 1. The first kappa shape index (κ1) is 11.3. The summed E-state index contributed by atoms with van der Waals surface area (Å²) in [6, 6.07) is 4.11. The van der Waals surface area contributed by atoms with Crippen LogP contribution in [0.3, 0.4) is 0 Å². The number of carbonyl (C=O) groups excluding carboxylic acids is 1. The van der Waals surface area contributed by atoms with Gasteiger partial charge in [-0.05, 0) is 12.1 Å². The fourth-order valence-corrected chi connectivity index (χ4v) is 0.995. The van der Waals surface area contributed by atoms with Gasteiger partial charge in [0.1, 0.15) is 22.9 Å². The van der Waals surface area contributed by atoms with Crippen molar-refractivity contribution in [1.29, 1.82) is 0 Å². The van der Waals surface area contributed by atoms with Gasteiger partial charge in [0.15, 0.2) is 0 Å². The number of hydrogen-bond donors (Lipinski definition) is 3. The van der Waals surface area contributed by atoms with Crippen LogP contribution in [0, 0.1) is 0 Å². The molecule has 5 nitrogen and oxygen atoms in total. The molecule has 0 bridgehead atoms. The molecule has 0 unspecified atom stereocenters. The van der Waals surface area contributed by atoms with E-state index >= 15 is 0 Å². The highest BCUT2D eigenvalue weighted by molar-refractivity contribution is 7.80. The minimum Gasteiger partial charge on any atom is -0.507 e. The number of anilines is 1. The van der Waals surface area contributed by atoms with Gasteiger partial charge in [0, 0.05) is 11.8 Å². The molecule has 1 aromatic rings. The predicted molar refractivity (Wildman–Crippen MR) is 59.6 cm³/mol. The molecular weight excluding hydrogens is 216 g/mol. The lowest BCUT2D eigenvalue weighted by molar-refractivity contribution is 0.0561. The lowest BCUT2D eigenvalue weighted by atomic mass is 10.2. The summed E-state index contributed by atoms with van der Waals surface area (Å²) in [6.45, 7) is -0.155. The predicted octanol–water partition coefficient (Wildman–Crippen LogP) is 0.417. The van der Waals surface area contributed by atoms with Crippen molar-refractivity contribution in [3.63, 3.8) is 0 Å². The number of esters is 1. The van der Waals surface area contributed by atoms with E-state index in [9.17, 15) is 9.90 Å². The normalized spacial score (nSPS) is 9.60. The van der Waals surface area contributed by atoms with Crippen LogP contribution < -0.4 is 11.5 Å². The summed E-state index contributed by atoms with van der Waals surface area (Å²) in [5.41, 5.74) is 10.9. The van der Waals surface area contributed by atoms with Crippen LogP contribution >= 0.6 is 12.2 Å². The maximum atomic E-state index is 11.3. The van der Waals surface area contributed by atoms with Crippen LogP contribution in [0.2, 0.25) is 0 Å². The zero-order valence-corrected chi connectivity index (χ0v) is 8.58. The number of phenolic OH excluding ortho intramolecular Hbond substituents is 1. The van der Waals surface area contributed by atoms with Gasteiger partial charge in [0.2, 0.25) is 0 Å². The molecule has 5 N–H and O–H groups in total. The first-order chi connectivity index (χ1) is 7.00. The maximum absolute atomic E-state index is 11.3. The number of ether oxygens (including phenoxy) is 1. The summed E-state index contributed by atoms with van der Waals surface area (Å²) < 4.78 is 4.70. The van der Waals surface area contributed by atoms with Gasteiger partial charge in [0.25, 0.3) is 0 Å². The summed E-state index contributed by atoms with van der Waals surface area (Å²) >= 11 is 4.54. The molecule has 0 atom stereocenters. The number of nitrogen functional groups attached to an aromatic ring is 1. The molecule has 0 aliphatic carbocycles. The average Bonchev–Trinajstić information content (AvgIpc) is 2.14. The molecule has 0 aromatic heterocycles. The number of rotatable bonds is 3. The van der Waals surface area contributed by atoms with Gasteiger partial charge in [-0.1, -0.05) is 12.2 Å². The zero-order chi connectivity index (χ0) is 11.4. The summed E-state index contributed by atoms with van der Waals surface area (Å²) in [6.07, 6.45) is 0. The molecule has 15 heavy (non-hydrogen) atoms. The minimum atomic E-state index is -0.694. The number of carbonyl (C=O) groups is 1. The van der Waals surface area contributed by atoms with Gasteiger partial charge in [-0.25, -0.2) is 4.79 Å². The van der Waals surface area contributed by atoms with Crippen LogP contribution in [-0.4, -0.2) is 22.7 Å². The molecular formula is C9H10N2O3S. The number of benzene rings is 1. The minimum absolute atomic E-state index is 0.0282. The Morgan fingerprint density at radius 1 is 1.53 bits per heavy atom. The first-order valence-electron chi connectivity index (χ1n) is 4.04. The second-order valence-corrected chi connectivity index (χ2v) is 3.34. The van der Waals surface area contributed by atoms with Gasteiger partial charge in [-0.2, -0.15) is 0 Å². The molecule has 0 saturated carbocycles. The van der Waals surface area contributed by atoms with E-state index in [2.05, 4.69) is 12.2 Å². The molecule has 0 spiro atoms. The highest BCUT2D eigenvalue weighted by Gasteiger charge is 2.12. The Balaban J connectivity index is 2.78. The molecule has 0 fully saturated rings. The Hall–Kier alpha value is -1.82. The van der Waals surface area contributed by atoms with Crippen molar-refractivity contribution in [2.45, 2.75) is 0 Å². The molecule has 0 amide bonds. The largest absolute Gasteiger partial charge is 0.507 e. The first-order valence-corrected chi connectivity index (χ1v) is 4.45. The Morgan fingerprint density at radius 2 is 2.20 bits per heavy atom. The summed E-state index contributed by atoms with van der Waals surface area (Å²) in [5, 5.41) is 9.38. The van der Waals surface area contributed by atoms with Gasteiger partial charge in [0.05, 0.1) is 0 Å². The van der Waals surface area contributed by atoms with Gasteiger partial charge < -0.3 is 21.3 Å². The van der Waals surface area contributed by atoms with E-state index in [1.165, 1.54) is 18.2 Å². The third-order valence-electron chi connectivity index (χ3n) is 1.59. The van der Waals surface area contributed by atoms with Crippen LogP contribution in [0.15, 0.2) is 18.2 Å². The van der Waals surface area contributed by atoms with E-state index in [-0.39, 0.29) is 22.9 Å². The topological polar surface area (TPSA) is 98.6 Å². The van der Waals surface area contributed by atoms with E-state index in [0.717, 1.165) is 0 Å². The van der Waals surface area contributed by atoms with E-state index in [1.54, 1.807) is 0 Å². The molecule has 0 aliphatic heterocycles. The Labute approximate surface area is 91.6 Å². The molecule has 0 radical (unpaired) electrons. The second-order valence-electron chi connectivity index (χ2n) is 2.82. The van der Waals surface area contributed by atoms with Crippen molar-refractivity contribution >= 4 is 28.9 Å². The highest BCUT2D eigenvalue weighted by Crippen LogP contribution is 2.20. The standard InChI is InChI=1S/C9H10N2O3S/c10-5-1-2-6(7(12)3-5)9(13)14-4-8(11)15/h1-3,12H,4,10H2,(H2,11,15). The Kier molecular flexibility index (Phi) is 3.46. The fraction of sp³-hybridized carbons (Fsp3) is 0.111. The van der Waals surface area contributed by atoms with Gasteiger partial charge in [-0.3, -0.25) is 0 Å². The quantitative estimate of drug-likeness (QED) is 0.392. The fourth-order valence-electron chi connectivity index (χ4n) is 0.936. The molecule has 0 saturated heterocycles. The van der Waals surface area contributed by atoms with Crippen molar-refractivity contribution < 1.29 is 14.6 Å². The van der Waals surface area contributed by atoms with Crippen LogP contribution in [0.1, 0.15) is 10.4 Å². The molecule has 1 rings (SSSR count). The Bertz CT molecular complexity index is 406. The van der Waals surface area contributed by atoms with E-state index in [4.69, 9.17) is 16.2 Å². The number of hydrogen-bond acceptors (Lipinski definition) is 5. The zero-order valence-electron chi connectivity index (χ0n) is 7.77. The second kappa shape index (κ2) is 4.61. The molecule has 80 valence electrons. The van der Waals surface area contributed by atoms with E-state index in [0.29, 0.717) is 5.69 Å². The van der Waals surface area contributed by atoms with Crippen LogP contribution in [0.4, 0.5) is 5.69 Å². The van der Waals surface area contributed by atoms with E-state index in [1.807, 2.05) is 0 Å². The third kappa shape index (κ3) is 3.10. The van der Waals surface area contributed by atoms with Gasteiger partial charge in [-0.15, -0.1) is 0 Å². The highest BCUT2D eigenvalue weighted by atomic mass is 32.1. The summed E-state index contributed by atoms with van der Waals surface area (Å²) in [4.78, 5) is 11.4. The lowest BCUT2D eigenvalue weighted by Gasteiger charge is -2.05. The van der Waals surface area contributed by atoms with Crippen molar-refractivity contribution in [1.82, 2.24) is 0 Å². The van der Waals surface area contributed by atoms with Crippen molar-refractivity contribution in [2.24, 2.45) is 5.73 Å².